The zero-order chi connectivity index (χ0) is 4.50. The summed E-state index contributed by atoms with van der Waals surface area (Å²) >= 11 is 0. The van der Waals surface area contributed by atoms with Crippen molar-refractivity contribution in [3.63, 3.8) is 0 Å². The third-order valence-corrected chi connectivity index (χ3v) is 0. The Morgan fingerprint density at radius 3 is 1.12 bits per heavy atom. The fourth-order valence-corrected chi connectivity index (χ4v) is 0. The minimum Gasteiger partial charge on any atom is -0.822 e. The Balaban J connectivity index is -0.0000000267. The predicted octanol–water partition coefficient (Wildman–Crippen LogP) is -6.20. The van der Waals surface area contributed by atoms with Gasteiger partial charge in [0.15, 0.2) is 0 Å². The van der Waals surface area contributed by atoms with Gasteiger partial charge in [-0.15, -0.1) is 0 Å². The quantitative estimate of drug-likeness (QED) is 0.281. The molecule has 36 valence electrons. The van der Waals surface area contributed by atoms with Gasteiger partial charge < -0.3 is 19.2 Å². The second-order valence-electron chi connectivity index (χ2n) is 0.447. The molecule has 0 unspecified atom stereocenters. The van der Waals surface area contributed by atoms with Gasteiger partial charge in [-0.25, -0.2) is 0 Å². The zero-order valence-corrected chi connectivity index (χ0v) is 10.2. The minimum absolute atomic E-state index is 0. The van der Waals surface area contributed by atoms with E-state index in [0.717, 1.165) is 0 Å². The van der Waals surface area contributed by atoms with E-state index >= 15 is 0 Å². The van der Waals surface area contributed by atoms with E-state index in [4.69, 9.17) is 19.2 Å². The van der Waals surface area contributed by atoms with E-state index in [9.17, 15) is 0 Å². The summed E-state index contributed by atoms with van der Waals surface area (Å²) in [4.78, 5) is 25.6. The van der Waals surface area contributed by atoms with Crippen LogP contribution in [-0.4, -0.2) is 23.1 Å². The molecule has 0 aliphatic heterocycles. The van der Waals surface area contributed by atoms with Gasteiger partial charge >= 0.3 is 52.6 Å². The fourth-order valence-electron chi connectivity index (χ4n) is 0. The molecule has 0 fully saturated rings. The van der Waals surface area contributed by atoms with Crippen LogP contribution in [0.4, 0.5) is 0 Å². The maximum absolute atomic E-state index is 8.55. The van der Waals surface area contributed by atoms with E-state index in [1.54, 1.807) is 0 Å². The van der Waals surface area contributed by atoms with Crippen LogP contribution in [0.15, 0.2) is 0 Å². The molecule has 0 radical (unpaired) electrons. The molecule has 8 heavy (non-hydrogen) atoms. The first-order chi connectivity index (χ1) is 2.00. The molecule has 0 saturated carbocycles. The first kappa shape index (κ1) is 22.4. The van der Waals surface area contributed by atoms with Gasteiger partial charge in [0.25, 0.3) is 0 Å². The third kappa shape index (κ3) is 73.8. The van der Waals surface area contributed by atoms with E-state index in [0.29, 0.717) is 0 Å². The second-order valence-corrected chi connectivity index (χ2v) is 1.34. The summed E-state index contributed by atoms with van der Waals surface area (Å²) in [5, 5.41) is 0. The van der Waals surface area contributed by atoms with E-state index < -0.39 is 7.82 Å². The minimum atomic E-state index is -5.39. The van der Waals surface area contributed by atoms with Crippen LogP contribution >= 0.6 is 7.82 Å². The summed E-state index contributed by atoms with van der Waals surface area (Å²) in [7, 11) is -5.39. The summed E-state index contributed by atoms with van der Waals surface area (Å²) in [6.07, 6.45) is 0. The van der Waals surface area contributed by atoms with Gasteiger partial charge in [-0.3, -0.25) is 0 Å². The molecule has 4 nitrogen and oxygen atoms in total. The van der Waals surface area contributed by atoms with Crippen LogP contribution < -0.4 is 44.2 Å². The summed E-state index contributed by atoms with van der Waals surface area (Å²) in [5.74, 6) is 0. The molecule has 0 heterocycles. The molecule has 0 spiro atoms. The number of phosphoric acid groups is 1. The van der Waals surface area contributed by atoms with Crippen molar-refractivity contribution in [3.05, 3.63) is 0 Å². The van der Waals surface area contributed by atoms with Crippen molar-refractivity contribution in [1.29, 1.82) is 0 Å². The van der Waals surface area contributed by atoms with Gasteiger partial charge in [0.1, 0.15) is 0 Å². The van der Waals surface area contributed by atoms with Crippen LogP contribution in [0.2, 0.25) is 0 Å². The van der Waals surface area contributed by atoms with Gasteiger partial charge in [0.2, 0.25) is 0 Å². The first-order valence-corrected chi connectivity index (χ1v) is 2.19. The molecule has 0 rings (SSSR count). The van der Waals surface area contributed by atoms with Crippen LogP contribution in [0.1, 0.15) is 0 Å². The Morgan fingerprint density at radius 1 is 1.12 bits per heavy atom. The summed E-state index contributed by atoms with van der Waals surface area (Å²) in [5.41, 5.74) is 0. The summed E-state index contributed by atoms with van der Waals surface area (Å²) in [6, 6.07) is 0. The maximum Gasteiger partial charge on any atom is 2.00 e. The Hall–Kier alpha value is 2.59. The molecule has 0 N–H and O–H groups in total. The van der Waals surface area contributed by atoms with Crippen molar-refractivity contribution in [2.45, 2.75) is 0 Å². The molecule has 0 saturated heterocycles. The molecule has 0 amide bonds. The van der Waals surface area contributed by atoms with Crippen LogP contribution in [-0.2, 0) is 26.3 Å². The molecule has 0 bridgehead atoms. The van der Waals surface area contributed by atoms with Crippen molar-refractivity contribution in [3.8, 4) is 0 Å². The van der Waals surface area contributed by atoms with Gasteiger partial charge in [-0.2, -0.15) is 7.82 Å². The largest absolute Gasteiger partial charge is 2.00 e. The molecule has 0 aromatic rings. The topological polar surface area (TPSA) is 86.2 Å². The Bertz CT molecular complexity index is 62.2. The fraction of sp³-hybridized carbons (Fsp3) is 0. The average Bonchev–Trinajstić information content (AvgIpc) is 0.722. The normalized spacial score (nSPS) is 7.38. The Morgan fingerprint density at radius 2 is 1.12 bits per heavy atom. The van der Waals surface area contributed by atoms with Gasteiger partial charge in [-0.05, 0) is 0 Å². The number of hydrogen-bond acceptors (Lipinski definition) is 4. The van der Waals surface area contributed by atoms with Crippen LogP contribution in [0, 0.1) is 0 Å². The first-order valence-electron chi connectivity index (χ1n) is 0.730. The number of hydrogen-bond donors (Lipinski definition) is 0. The van der Waals surface area contributed by atoms with Crippen molar-refractivity contribution >= 4 is 30.9 Å². The second kappa shape index (κ2) is 9.59. The molecule has 0 aliphatic rings. The van der Waals surface area contributed by atoms with Crippen LogP contribution in [0.25, 0.3) is 0 Å². The predicted molar refractivity (Wildman–Crippen MR) is 13.4 cm³/mol. The molecular formula is MgNaO4PTi. The van der Waals surface area contributed by atoms with Gasteiger partial charge in [-0.1, -0.05) is 0 Å². The van der Waals surface area contributed by atoms with Gasteiger partial charge in [0, 0.05) is 21.7 Å². The maximum atomic E-state index is 8.55. The van der Waals surface area contributed by atoms with Gasteiger partial charge in [0.05, 0.1) is 0 Å². The van der Waals surface area contributed by atoms with E-state index in [1.807, 2.05) is 0 Å². The Labute approximate surface area is 100.0 Å². The zero-order valence-electron chi connectivity index (χ0n) is 4.29. The average molecular weight is 190 g/mol. The molecule has 0 aromatic carbocycles. The van der Waals surface area contributed by atoms with Crippen molar-refractivity contribution in [1.82, 2.24) is 0 Å². The smallest absolute Gasteiger partial charge is 0.822 e. The summed E-state index contributed by atoms with van der Waals surface area (Å²) < 4.78 is 8.55. The van der Waals surface area contributed by atoms with Crippen molar-refractivity contribution in [2.24, 2.45) is 0 Å². The Kier molecular flexibility index (Phi) is 26.9. The molecule has 8 heteroatoms. The molecule has 0 aliphatic carbocycles. The molecule has 0 aromatic heterocycles. The van der Waals surface area contributed by atoms with E-state index in [2.05, 4.69) is 0 Å². The van der Waals surface area contributed by atoms with Crippen molar-refractivity contribution < 1.29 is 70.5 Å². The van der Waals surface area contributed by atoms with Crippen LogP contribution in [0.3, 0.4) is 0 Å². The molecular weight excluding hydrogens is 190 g/mol. The number of rotatable bonds is 0. The summed E-state index contributed by atoms with van der Waals surface area (Å²) in [6.45, 7) is 0. The standard InChI is InChI=1S/Mg.Na.H3O4P.Ti/c;;1-5(2,3)4;/h;;(H3,1,2,3,4);/q+2;+1;;/p-3. The molecule has 0 atom stereocenters. The SMILES string of the molecule is O=P([O-])([O-])[O-].[Mg+2].[Na+].[Ti]. The van der Waals surface area contributed by atoms with E-state index in [1.165, 1.54) is 0 Å². The van der Waals surface area contributed by atoms with E-state index in [-0.39, 0.29) is 74.3 Å². The monoisotopic (exact) mass is 190 g/mol. The van der Waals surface area contributed by atoms with Crippen molar-refractivity contribution in [2.75, 3.05) is 0 Å². The van der Waals surface area contributed by atoms with Crippen LogP contribution in [0.5, 0.6) is 0 Å². The third-order valence-electron chi connectivity index (χ3n) is 0.